The van der Waals surface area contributed by atoms with E-state index >= 15 is 0 Å². The minimum atomic E-state index is 0.00944. The van der Waals surface area contributed by atoms with Crippen molar-refractivity contribution < 1.29 is 5.11 Å². The van der Waals surface area contributed by atoms with Crippen LogP contribution >= 0.6 is 0 Å². The van der Waals surface area contributed by atoms with Gasteiger partial charge in [0.25, 0.3) is 0 Å². The Hall–Kier alpha value is -0.940. The first-order chi connectivity index (χ1) is 7.15. The Morgan fingerprint density at radius 3 is 2.53 bits per heavy atom. The SMILES string of the molecule is CCC(CO)n1nnc(CN)c1C(C)C. The van der Waals surface area contributed by atoms with Crippen LogP contribution in [0.15, 0.2) is 0 Å². The van der Waals surface area contributed by atoms with Crippen LogP contribution in [0.4, 0.5) is 0 Å². The van der Waals surface area contributed by atoms with Gasteiger partial charge in [0.15, 0.2) is 0 Å². The standard InChI is InChI=1S/C10H20N4O/c1-4-8(6-15)14-10(7(2)3)9(5-11)12-13-14/h7-8,15H,4-6,11H2,1-3H3. The molecule has 1 atom stereocenters. The monoisotopic (exact) mass is 212 g/mol. The summed E-state index contributed by atoms with van der Waals surface area (Å²) in [5.41, 5.74) is 7.48. The van der Waals surface area contributed by atoms with Gasteiger partial charge in [0.1, 0.15) is 0 Å². The van der Waals surface area contributed by atoms with E-state index in [-0.39, 0.29) is 12.6 Å². The smallest absolute Gasteiger partial charge is 0.0997 e. The second-order valence-electron chi connectivity index (χ2n) is 3.97. The average Bonchev–Trinajstić information content (AvgIpc) is 2.63. The second kappa shape index (κ2) is 5.23. The Kier molecular flexibility index (Phi) is 4.23. The van der Waals surface area contributed by atoms with Crippen molar-refractivity contribution in [3.8, 4) is 0 Å². The number of hydrogen-bond donors (Lipinski definition) is 2. The molecule has 0 amide bonds. The third-order valence-corrected chi connectivity index (χ3v) is 2.57. The summed E-state index contributed by atoms with van der Waals surface area (Å²) in [6.07, 6.45) is 0.837. The summed E-state index contributed by atoms with van der Waals surface area (Å²) in [4.78, 5) is 0. The normalized spacial score (nSPS) is 13.5. The zero-order valence-electron chi connectivity index (χ0n) is 9.64. The maximum Gasteiger partial charge on any atom is 0.0997 e. The molecule has 5 nitrogen and oxygen atoms in total. The average molecular weight is 212 g/mol. The maximum atomic E-state index is 9.25. The van der Waals surface area contributed by atoms with Crippen molar-refractivity contribution in [3.05, 3.63) is 11.4 Å². The van der Waals surface area contributed by atoms with E-state index in [4.69, 9.17) is 5.73 Å². The lowest BCUT2D eigenvalue weighted by Gasteiger charge is -2.17. The first-order valence-corrected chi connectivity index (χ1v) is 5.40. The first kappa shape index (κ1) is 12.1. The molecular formula is C10H20N4O. The lowest BCUT2D eigenvalue weighted by Crippen LogP contribution is -2.18. The van der Waals surface area contributed by atoms with E-state index in [0.717, 1.165) is 17.8 Å². The number of aliphatic hydroxyl groups is 1. The summed E-state index contributed by atoms with van der Waals surface area (Å²) in [6, 6.07) is 0.00944. The molecule has 1 aromatic heterocycles. The molecule has 1 rings (SSSR count). The molecule has 0 saturated carbocycles. The lowest BCUT2D eigenvalue weighted by atomic mass is 10.1. The van der Waals surface area contributed by atoms with Crippen LogP contribution in [0.1, 0.15) is 50.5 Å². The summed E-state index contributed by atoms with van der Waals surface area (Å²) >= 11 is 0. The molecule has 0 aromatic carbocycles. The molecule has 0 radical (unpaired) electrons. The second-order valence-corrected chi connectivity index (χ2v) is 3.97. The van der Waals surface area contributed by atoms with Gasteiger partial charge in [-0.1, -0.05) is 26.0 Å². The molecule has 0 aliphatic rings. The van der Waals surface area contributed by atoms with Gasteiger partial charge in [-0.2, -0.15) is 0 Å². The van der Waals surface area contributed by atoms with Gasteiger partial charge in [0.2, 0.25) is 0 Å². The Morgan fingerprint density at radius 1 is 1.47 bits per heavy atom. The molecule has 1 heterocycles. The molecule has 1 aromatic rings. The molecule has 0 aliphatic carbocycles. The topological polar surface area (TPSA) is 77.0 Å². The van der Waals surface area contributed by atoms with Gasteiger partial charge in [-0.3, -0.25) is 0 Å². The predicted molar refractivity (Wildman–Crippen MR) is 58.4 cm³/mol. The first-order valence-electron chi connectivity index (χ1n) is 5.40. The van der Waals surface area contributed by atoms with Crippen molar-refractivity contribution in [2.45, 2.75) is 45.7 Å². The van der Waals surface area contributed by atoms with E-state index < -0.39 is 0 Å². The van der Waals surface area contributed by atoms with E-state index in [0.29, 0.717) is 12.5 Å². The number of aliphatic hydroxyl groups excluding tert-OH is 1. The number of aromatic nitrogens is 3. The maximum absolute atomic E-state index is 9.25. The molecule has 0 fully saturated rings. The number of nitrogens with two attached hydrogens (primary N) is 1. The molecule has 5 heteroatoms. The highest BCUT2D eigenvalue weighted by molar-refractivity contribution is 5.14. The van der Waals surface area contributed by atoms with Gasteiger partial charge >= 0.3 is 0 Å². The van der Waals surface area contributed by atoms with Crippen LogP contribution in [0, 0.1) is 0 Å². The van der Waals surface area contributed by atoms with Crippen molar-refractivity contribution in [2.24, 2.45) is 5.73 Å². The van der Waals surface area contributed by atoms with Crippen LogP contribution in [0.5, 0.6) is 0 Å². The highest BCUT2D eigenvalue weighted by Gasteiger charge is 2.19. The molecule has 1 unspecified atom stereocenters. The Morgan fingerprint density at radius 2 is 2.13 bits per heavy atom. The highest BCUT2D eigenvalue weighted by Crippen LogP contribution is 2.22. The van der Waals surface area contributed by atoms with Crippen molar-refractivity contribution >= 4 is 0 Å². The van der Waals surface area contributed by atoms with Crippen LogP contribution in [-0.2, 0) is 6.54 Å². The van der Waals surface area contributed by atoms with Gasteiger partial charge in [0, 0.05) is 6.54 Å². The van der Waals surface area contributed by atoms with Gasteiger partial charge in [0.05, 0.1) is 24.0 Å². The summed E-state index contributed by atoms with van der Waals surface area (Å²) in [5, 5.41) is 17.4. The summed E-state index contributed by atoms with van der Waals surface area (Å²) in [7, 11) is 0. The molecule has 0 spiro atoms. The van der Waals surface area contributed by atoms with Crippen molar-refractivity contribution in [3.63, 3.8) is 0 Å². The minimum absolute atomic E-state index is 0.00944. The van der Waals surface area contributed by atoms with E-state index in [1.54, 1.807) is 0 Å². The molecular weight excluding hydrogens is 192 g/mol. The summed E-state index contributed by atoms with van der Waals surface area (Å²) in [6.45, 7) is 6.67. The summed E-state index contributed by atoms with van der Waals surface area (Å²) < 4.78 is 1.81. The van der Waals surface area contributed by atoms with Crippen LogP contribution in [0.3, 0.4) is 0 Å². The Bertz CT molecular complexity index is 304. The largest absolute Gasteiger partial charge is 0.394 e. The quantitative estimate of drug-likeness (QED) is 0.757. The Labute approximate surface area is 90.3 Å². The predicted octanol–water partition coefficient (Wildman–Crippen LogP) is 0.804. The fourth-order valence-electron chi connectivity index (χ4n) is 1.73. The molecule has 86 valence electrons. The number of hydrogen-bond acceptors (Lipinski definition) is 4. The van der Waals surface area contributed by atoms with Gasteiger partial charge < -0.3 is 10.8 Å². The molecule has 15 heavy (non-hydrogen) atoms. The third-order valence-electron chi connectivity index (χ3n) is 2.57. The molecule has 3 N–H and O–H groups in total. The van der Waals surface area contributed by atoms with Crippen LogP contribution in [-0.4, -0.2) is 26.7 Å². The lowest BCUT2D eigenvalue weighted by molar-refractivity contribution is 0.209. The van der Waals surface area contributed by atoms with Crippen molar-refractivity contribution in [1.29, 1.82) is 0 Å². The number of nitrogens with zero attached hydrogens (tertiary/aromatic N) is 3. The van der Waals surface area contributed by atoms with Crippen LogP contribution in [0.2, 0.25) is 0 Å². The number of rotatable bonds is 5. The fourth-order valence-corrected chi connectivity index (χ4v) is 1.73. The third kappa shape index (κ3) is 2.35. The fraction of sp³-hybridized carbons (Fsp3) is 0.800. The minimum Gasteiger partial charge on any atom is -0.394 e. The van der Waals surface area contributed by atoms with Gasteiger partial charge in [-0.25, -0.2) is 4.68 Å². The van der Waals surface area contributed by atoms with E-state index in [9.17, 15) is 5.11 Å². The zero-order valence-corrected chi connectivity index (χ0v) is 9.64. The van der Waals surface area contributed by atoms with Crippen molar-refractivity contribution in [1.82, 2.24) is 15.0 Å². The highest BCUT2D eigenvalue weighted by atomic mass is 16.3. The molecule has 0 saturated heterocycles. The van der Waals surface area contributed by atoms with E-state index in [1.165, 1.54) is 0 Å². The van der Waals surface area contributed by atoms with Crippen LogP contribution in [0.25, 0.3) is 0 Å². The van der Waals surface area contributed by atoms with Gasteiger partial charge in [-0.05, 0) is 12.3 Å². The van der Waals surface area contributed by atoms with E-state index in [2.05, 4.69) is 24.2 Å². The van der Waals surface area contributed by atoms with Crippen LogP contribution < -0.4 is 5.73 Å². The van der Waals surface area contributed by atoms with E-state index in [1.807, 2.05) is 11.6 Å². The van der Waals surface area contributed by atoms with Gasteiger partial charge in [-0.15, -0.1) is 5.10 Å². The molecule has 0 bridgehead atoms. The zero-order chi connectivity index (χ0) is 11.4. The Balaban J connectivity index is 3.11. The molecule has 0 aliphatic heterocycles. The van der Waals surface area contributed by atoms with Crippen molar-refractivity contribution in [2.75, 3.05) is 6.61 Å². The summed E-state index contributed by atoms with van der Waals surface area (Å²) in [5.74, 6) is 0.319.